The Kier molecular flexibility index (Phi) is 4.98. The highest BCUT2D eigenvalue weighted by molar-refractivity contribution is 6.31. The zero-order valence-corrected chi connectivity index (χ0v) is 11.5. The molecule has 0 amide bonds. The van der Waals surface area contributed by atoms with Crippen molar-refractivity contribution in [1.29, 1.82) is 0 Å². The van der Waals surface area contributed by atoms with Crippen LogP contribution in [0.2, 0.25) is 5.02 Å². The molecule has 4 heteroatoms. The maximum absolute atomic E-state index is 13.0. The van der Waals surface area contributed by atoms with Crippen LogP contribution in [0.4, 0.5) is 4.39 Å². The lowest BCUT2D eigenvalue weighted by Crippen LogP contribution is -2.50. The maximum atomic E-state index is 13.0. The summed E-state index contributed by atoms with van der Waals surface area (Å²) in [6.45, 7) is 6.09. The van der Waals surface area contributed by atoms with Gasteiger partial charge in [0.2, 0.25) is 0 Å². The van der Waals surface area contributed by atoms with Gasteiger partial charge in [0.15, 0.2) is 0 Å². The molecule has 18 heavy (non-hydrogen) atoms. The normalized spacial score (nSPS) is 21.2. The molecular formula is C14H20ClFN2. The number of piperazine rings is 1. The van der Waals surface area contributed by atoms with E-state index in [-0.39, 0.29) is 5.82 Å². The van der Waals surface area contributed by atoms with Crippen molar-refractivity contribution >= 4 is 11.6 Å². The molecule has 1 heterocycles. The van der Waals surface area contributed by atoms with E-state index >= 15 is 0 Å². The van der Waals surface area contributed by atoms with Crippen molar-refractivity contribution in [3.05, 3.63) is 34.6 Å². The van der Waals surface area contributed by atoms with E-state index in [1.54, 1.807) is 6.07 Å². The molecule has 0 bridgehead atoms. The van der Waals surface area contributed by atoms with E-state index in [2.05, 4.69) is 17.1 Å². The van der Waals surface area contributed by atoms with Gasteiger partial charge in [-0.15, -0.1) is 0 Å². The predicted molar refractivity (Wildman–Crippen MR) is 73.4 cm³/mol. The number of rotatable bonds is 4. The third-order valence-electron chi connectivity index (χ3n) is 3.48. The topological polar surface area (TPSA) is 15.3 Å². The molecule has 1 atom stereocenters. The molecule has 2 rings (SSSR count). The zero-order chi connectivity index (χ0) is 13.0. The van der Waals surface area contributed by atoms with Crippen molar-refractivity contribution in [3.8, 4) is 0 Å². The molecule has 1 aromatic carbocycles. The number of halogens is 2. The van der Waals surface area contributed by atoms with E-state index in [0.717, 1.165) is 31.7 Å². The van der Waals surface area contributed by atoms with Crippen molar-refractivity contribution in [3.63, 3.8) is 0 Å². The van der Waals surface area contributed by atoms with Crippen LogP contribution in [0.25, 0.3) is 0 Å². The molecule has 1 saturated heterocycles. The smallest absolute Gasteiger partial charge is 0.124 e. The standard InChI is InChI=1S/C14H20ClFN2/c1-2-3-13-9-17-6-7-18(13)10-11-4-5-12(16)8-14(11)15/h4-5,8,13,17H,2-3,6-7,9-10H2,1H3. The second kappa shape index (κ2) is 6.50. The summed E-state index contributed by atoms with van der Waals surface area (Å²) in [5.41, 5.74) is 1.01. The number of benzene rings is 1. The average molecular weight is 271 g/mol. The van der Waals surface area contributed by atoms with E-state index < -0.39 is 0 Å². The molecule has 1 N–H and O–H groups in total. The minimum Gasteiger partial charge on any atom is -0.314 e. The Balaban J connectivity index is 2.06. The third-order valence-corrected chi connectivity index (χ3v) is 3.83. The molecule has 1 aliphatic rings. The van der Waals surface area contributed by atoms with Crippen molar-refractivity contribution in [2.75, 3.05) is 19.6 Å². The SMILES string of the molecule is CCCC1CNCCN1Cc1ccc(F)cc1Cl. The summed E-state index contributed by atoms with van der Waals surface area (Å²) in [6.07, 6.45) is 2.37. The van der Waals surface area contributed by atoms with Gasteiger partial charge in [-0.2, -0.15) is 0 Å². The Hall–Kier alpha value is -0.640. The van der Waals surface area contributed by atoms with E-state index in [9.17, 15) is 4.39 Å². The van der Waals surface area contributed by atoms with Crippen LogP contribution < -0.4 is 5.32 Å². The lowest BCUT2D eigenvalue weighted by molar-refractivity contribution is 0.144. The number of nitrogens with one attached hydrogen (secondary N) is 1. The van der Waals surface area contributed by atoms with Crippen molar-refractivity contribution in [1.82, 2.24) is 10.2 Å². The number of nitrogens with zero attached hydrogens (tertiary/aromatic N) is 1. The molecular weight excluding hydrogens is 251 g/mol. The van der Waals surface area contributed by atoms with Gasteiger partial charge in [-0.25, -0.2) is 4.39 Å². The summed E-state index contributed by atoms with van der Waals surface area (Å²) in [5, 5.41) is 3.96. The molecule has 0 saturated carbocycles. The van der Waals surface area contributed by atoms with Crippen LogP contribution in [-0.4, -0.2) is 30.6 Å². The quantitative estimate of drug-likeness (QED) is 0.905. The summed E-state index contributed by atoms with van der Waals surface area (Å²) in [4.78, 5) is 2.44. The van der Waals surface area contributed by atoms with Gasteiger partial charge in [-0.1, -0.05) is 31.0 Å². The lowest BCUT2D eigenvalue weighted by Gasteiger charge is -2.36. The van der Waals surface area contributed by atoms with Crippen LogP contribution in [-0.2, 0) is 6.54 Å². The third kappa shape index (κ3) is 3.44. The van der Waals surface area contributed by atoms with Crippen LogP contribution in [0.3, 0.4) is 0 Å². The van der Waals surface area contributed by atoms with Crippen LogP contribution in [0, 0.1) is 5.82 Å². The fraction of sp³-hybridized carbons (Fsp3) is 0.571. The molecule has 0 spiro atoms. The van der Waals surface area contributed by atoms with Gasteiger partial charge in [0.05, 0.1) is 0 Å². The lowest BCUT2D eigenvalue weighted by atomic mass is 10.1. The first kappa shape index (κ1) is 13.8. The number of hydrogen-bond acceptors (Lipinski definition) is 2. The summed E-state index contributed by atoms with van der Waals surface area (Å²) in [6, 6.07) is 5.24. The Bertz CT molecular complexity index is 395. The Morgan fingerprint density at radius 1 is 1.50 bits per heavy atom. The van der Waals surface area contributed by atoms with Crippen molar-refractivity contribution < 1.29 is 4.39 Å². The molecule has 1 aromatic rings. The van der Waals surface area contributed by atoms with Gasteiger partial charge >= 0.3 is 0 Å². The molecule has 2 nitrogen and oxygen atoms in total. The fourth-order valence-electron chi connectivity index (χ4n) is 2.50. The van der Waals surface area contributed by atoms with E-state index in [4.69, 9.17) is 11.6 Å². The van der Waals surface area contributed by atoms with E-state index in [1.165, 1.54) is 25.0 Å². The largest absolute Gasteiger partial charge is 0.314 e. The minimum absolute atomic E-state index is 0.269. The van der Waals surface area contributed by atoms with Crippen LogP contribution in [0.1, 0.15) is 25.3 Å². The summed E-state index contributed by atoms with van der Waals surface area (Å²) in [7, 11) is 0. The van der Waals surface area contributed by atoms with Gasteiger partial charge in [0, 0.05) is 37.2 Å². The maximum Gasteiger partial charge on any atom is 0.124 e. The second-order valence-electron chi connectivity index (χ2n) is 4.85. The molecule has 100 valence electrons. The first-order valence-corrected chi connectivity index (χ1v) is 6.97. The van der Waals surface area contributed by atoms with E-state index in [1.807, 2.05) is 0 Å². The number of hydrogen-bond donors (Lipinski definition) is 1. The van der Waals surface area contributed by atoms with Gasteiger partial charge in [-0.05, 0) is 24.1 Å². The monoisotopic (exact) mass is 270 g/mol. The molecule has 0 aromatic heterocycles. The highest BCUT2D eigenvalue weighted by Gasteiger charge is 2.21. The highest BCUT2D eigenvalue weighted by Crippen LogP contribution is 2.21. The van der Waals surface area contributed by atoms with Crippen LogP contribution in [0.5, 0.6) is 0 Å². The first-order chi connectivity index (χ1) is 8.70. The van der Waals surface area contributed by atoms with Gasteiger partial charge in [0.25, 0.3) is 0 Å². The first-order valence-electron chi connectivity index (χ1n) is 6.59. The Morgan fingerprint density at radius 2 is 2.33 bits per heavy atom. The second-order valence-corrected chi connectivity index (χ2v) is 5.26. The molecule has 1 fully saturated rings. The van der Waals surface area contributed by atoms with Crippen molar-refractivity contribution in [2.45, 2.75) is 32.4 Å². The van der Waals surface area contributed by atoms with Gasteiger partial charge in [0.1, 0.15) is 5.82 Å². The Morgan fingerprint density at radius 3 is 3.06 bits per heavy atom. The summed E-state index contributed by atoms with van der Waals surface area (Å²) < 4.78 is 13.0. The van der Waals surface area contributed by atoms with Crippen LogP contribution in [0.15, 0.2) is 18.2 Å². The fourth-order valence-corrected chi connectivity index (χ4v) is 2.72. The molecule has 1 aliphatic heterocycles. The van der Waals surface area contributed by atoms with Crippen molar-refractivity contribution in [2.24, 2.45) is 0 Å². The highest BCUT2D eigenvalue weighted by atomic mass is 35.5. The van der Waals surface area contributed by atoms with E-state index in [0.29, 0.717) is 11.1 Å². The average Bonchev–Trinajstić information content (AvgIpc) is 2.35. The minimum atomic E-state index is -0.269. The van der Waals surface area contributed by atoms with Crippen LogP contribution >= 0.6 is 11.6 Å². The molecule has 0 radical (unpaired) electrons. The van der Waals surface area contributed by atoms with Gasteiger partial charge in [-0.3, -0.25) is 4.90 Å². The summed E-state index contributed by atoms with van der Waals surface area (Å²) in [5.74, 6) is -0.269. The molecule has 0 aliphatic carbocycles. The predicted octanol–water partition coefficient (Wildman–Crippen LogP) is 3.05. The zero-order valence-electron chi connectivity index (χ0n) is 10.8. The Labute approximate surface area is 113 Å². The van der Waals surface area contributed by atoms with Gasteiger partial charge < -0.3 is 5.32 Å². The molecule has 1 unspecified atom stereocenters. The summed E-state index contributed by atoms with van der Waals surface area (Å²) >= 11 is 6.09.